The summed E-state index contributed by atoms with van der Waals surface area (Å²) in [5.41, 5.74) is 0.958. The molecule has 8 atom stereocenters. The van der Waals surface area contributed by atoms with Crippen LogP contribution >= 0.6 is 0 Å². The van der Waals surface area contributed by atoms with Crippen LogP contribution < -0.4 is 0 Å². The fourth-order valence-corrected chi connectivity index (χ4v) is 4.52. The third kappa shape index (κ3) is 6.65. The maximum Gasteiger partial charge on any atom is 0.308 e. The highest BCUT2D eigenvalue weighted by molar-refractivity contribution is 5.72. The molecule has 2 aliphatic carbocycles. The summed E-state index contributed by atoms with van der Waals surface area (Å²) in [4.78, 5) is 23.1. The van der Waals surface area contributed by atoms with Gasteiger partial charge in [-0.15, -0.1) is 0 Å². The van der Waals surface area contributed by atoms with Gasteiger partial charge in [0.2, 0.25) is 0 Å². The van der Waals surface area contributed by atoms with E-state index in [0.717, 1.165) is 5.57 Å². The van der Waals surface area contributed by atoms with Crippen LogP contribution in [0.5, 0.6) is 0 Å². The second-order valence-electron chi connectivity index (χ2n) is 8.88. The van der Waals surface area contributed by atoms with E-state index in [4.69, 9.17) is 9.84 Å². The van der Waals surface area contributed by atoms with Crippen molar-refractivity contribution in [3.63, 3.8) is 0 Å². The molecule has 0 aliphatic heterocycles. The summed E-state index contributed by atoms with van der Waals surface area (Å²) in [6, 6.07) is 0. The molecule has 0 aromatic rings. The Balaban J connectivity index is 2.09. The Kier molecular flexibility index (Phi) is 9.07. The van der Waals surface area contributed by atoms with Gasteiger partial charge in [0.25, 0.3) is 0 Å². The molecule has 0 saturated heterocycles. The lowest BCUT2D eigenvalue weighted by Gasteiger charge is -2.43. The lowest BCUT2D eigenvalue weighted by Crippen LogP contribution is -2.43. The second kappa shape index (κ2) is 11.1. The zero-order valence-corrected chi connectivity index (χ0v) is 18.1. The van der Waals surface area contributed by atoms with E-state index in [1.807, 2.05) is 26.0 Å². The summed E-state index contributed by atoms with van der Waals surface area (Å²) < 4.78 is 5.84. The van der Waals surface area contributed by atoms with Crippen molar-refractivity contribution in [3.8, 4) is 0 Å². The molecule has 0 spiro atoms. The topological polar surface area (TPSA) is 124 Å². The average molecular weight is 425 g/mol. The van der Waals surface area contributed by atoms with Gasteiger partial charge in [-0.05, 0) is 43.1 Å². The zero-order valence-electron chi connectivity index (χ0n) is 18.1. The van der Waals surface area contributed by atoms with Crippen molar-refractivity contribution in [2.24, 2.45) is 23.7 Å². The molecule has 2 aliphatic rings. The Labute approximate surface area is 178 Å². The molecule has 30 heavy (non-hydrogen) atoms. The number of hydrogen-bond acceptors (Lipinski definition) is 6. The number of aliphatic hydroxyl groups excluding tert-OH is 3. The van der Waals surface area contributed by atoms with Gasteiger partial charge >= 0.3 is 11.9 Å². The lowest BCUT2D eigenvalue weighted by molar-refractivity contribution is -0.159. The van der Waals surface area contributed by atoms with Crippen molar-refractivity contribution < 1.29 is 34.8 Å². The quantitative estimate of drug-likeness (QED) is 0.397. The molecular weight excluding hydrogens is 388 g/mol. The maximum atomic E-state index is 12.4. The maximum absolute atomic E-state index is 12.4. The van der Waals surface area contributed by atoms with Gasteiger partial charge < -0.3 is 25.2 Å². The predicted octanol–water partition coefficient (Wildman–Crippen LogP) is 2.44. The third-order valence-corrected chi connectivity index (χ3v) is 6.44. The number of rotatable bonds is 10. The Bertz CT molecular complexity index is 656. The molecule has 170 valence electrons. The van der Waals surface area contributed by atoms with E-state index >= 15 is 0 Å². The van der Waals surface area contributed by atoms with Gasteiger partial charge in [0.15, 0.2) is 0 Å². The zero-order chi connectivity index (χ0) is 22.4. The molecule has 4 N–H and O–H groups in total. The highest BCUT2D eigenvalue weighted by Gasteiger charge is 2.42. The minimum Gasteiger partial charge on any atom is -0.481 e. The molecule has 0 aromatic heterocycles. The number of carboxylic acids is 1. The van der Waals surface area contributed by atoms with Crippen molar-refractivity contribution >= 4 is 11.9 Å². The van der Waals surface area contributed by atoms with Crippen molar-refractivity contribution in [1.82, 2.24) is 0 Å². The number of carbonyl (C=O) groups excluding carboxylic acids is 1. The van der Waals surface area contributed by atoms with Crippen LogP contribution in [0, 0.1) is 23.7 Å². The number of aliphatic hydroxyl groups is 3. The Hall–Kier alpha value is -1.70. The monoisotopic (exact) mass is 424 g/mol. The molecule has 7 heteroatoms. The number of carboxylic acid groups (broad SMARTS) is 1. The van der Waals surface area contributed by atoms with Crippen LogP contribution in [0.4, 0.5) is 0 Å². The van der Waals surface area contributed by atoms with E-state index in [0.29, 0.717) is 25.7 Å². The van der Waals surface area contributed by atoms with Gasteiger partial charge in [-0.1, -0.05) is 39.0 Å². The van der Waals surface area contributed by atoms with Crippen LogP contribution in [-0.2, 0) is 14.3 Å². The third-order valence-electron chi connectivity index (χ3n) is 6.44. The van der Waals surface area contributed by atoms with Crippen LogP contribution in [0.3, 0.4) is 0 Å². The van der Waals surface area contributed by atoms with E-state index in [-0.39, 0.29) is 42.5 Å². The number of aliphatic carboxylic acids is 1. The van der Waals surface area contributed by atoms with Crippen LogP contribution in [0.1, 0.15) is 59.3 Å². The van der Waals surface area contributed by atoms with E-state index in [2.05, 4.69) is 13.0 Å². The first-order chi connectivity index (χ1) is 14.1. The van der Waals surface area contributed by atoms with Crippen molar-refractivity contribution in [3.05, 3.63) is 23.8 Å². The summed E-state index contributed by atoms with van der Waals surface area (Å²) in [6.45, 7) is 5.85. The van der Waals surface area contributed by atoms with Crippen LogP contribution in [0.15, 0.2) is 23.8 Å². The molecular formula is C23H36O7. The molecule has 0 radical (unpaired) electrons. The Morgan fingerprint density at radius 3 is 2.60 bits per heavy atom. The minimum atomic E-state index is -1.10. The number of carbonyl (C=O) groups is 2. The number of esters is 1. The van der Waals surface area contributed by atoms with Crippen molar-refractivity contribution in [1.29, 1.82) is 0 Å². The molecule has 0 fully saturated rings. The van der Waals surface area contributed by atoms with Crippen molar-refractivity contribution in [2.75, 3.05) is 0 Å². The predicted molar refractivity (Wildman–Crippen MR) is 111 cm³/mol. The number of fused-ring (bicyclic) bond motifs is 1. The Morgan fingerprint density at radius 1 is 1.27 bits per heavy atom. The SMILES string of the molecule is CCC(C)C(=O)O[C@H]1C[C@H](O)C=C2C=C[C@H](C)[C@H](CC[C@@H](O)C[C@@H](O)CC(=O)O)[C@H]21. The van der Waals surface area contributed by atoms with Gasteiger partial charge in [0.05, 0.1) is 30.7 Å². The van der Waals surface area contributed by atoms with Crippen molar-refractivity contribution in [2.45, 2.75) is 83.7 Å². The molecule has 2 rings (SSSR count). The fourth-order valence-electron chi connectivity index (χ4n) is 4.52. The lowest BCUT2D eigenvalue weighted by atomic mass is 9.66. The van der Waals surface area contributed by atoms with Crippen LogP contribution in [0.25, 0.3) is 0 Å². The molecule has 0 heterocycles. The molecule has 0 bridgehead atoms. The first-order valence-corrected chi connectivity index (χ1v) is 11.0. The smallest absolute Gasteiger partial charge is 0.308 e. The molecule has 0 saturated carbocycles. The Morgan fingerprint density at radius 2 is 1.97 bits per heavy atom. The summed E-state index contributed by atoms with van der Waals surface area (Å²) in [5, 5.41) is 39.1. The average Bonchev–Trinajstić information content (AvgIpc) is 2.65. The largest absolute Gasteiger partial charge is 0.481 e. The van der Waals surface area contributed by atoms with Gasteiger partial charge in [0, 0.05) is 12.3 Å². The molecule has 0 amide bonds. The highest BCUT2D eigenvalue weighted by atomic mass is 16.5. The van der Waals surface area contributed by atoms with E-state index < -0.39 is 30.4 Å². The number of allylic oxidation sites excluding steroid dienone is 2. The standard InChI is InChI=1S/C23H36O7/c1-4-13(2)23(29)30-20-11-17(25)9-15-6-5-14(3)19(22(15)20)8-7-16(24)10-18(26)12-21(27)28/h5-6,9,13-14,16-20,22,24-26H,4,7-8,10-12H2,1-3H3,(H,27,28)/t13?,14-,16+,17+,18+,19-,20-,22-/m0/s1. The molecule has 0 aromatic carbocycles. The van der Waals surface area contributed by atoms with E-state index in [9.17, 15) is 24.9 Å². The number of hydrogen-bond donors (Lipinski definition) is 4. The van der Waals surface area contributed by atoms with Crippen LogP contribution in [0.2, 0.25) is 0 Å². The summed E-state index contributed by atoms with van der Waals surface area (Å²) >= 11 is 0. The normalized spacial score (nSPS) is 31.3. The summed E-state index contributed by atoms with van der Waals surface area (Å²) in [7, 11) is 0. The van der Waals surface area contributed by atoms with Gasteiger partial charge in [0.1, 0.15) is 6.10 Å². The van der Waals surface area contributed by atoms with Gasteiger partial charge in [-0.25, -0.2) is 0 Å². The number of ether oxygens (including phenoxy) is 1. The van der Waals surface area contributed by atoms with Gasteiger partial charge in [-0.3, -0.25) is 9.59 Å². The van der Waals surface area contributed by atoms with E-state index in [1.165, 1.54) is 0 Å². The highest BCUT2D eigenvalue weighted by Crippen LogP contribution is 2.44. The summed E-state index contributed by atoms with van der Waals surface area (Å²) in [5.74, 6) is -1.31. The van der Waals surface area contributed by atoms with Gasteiger partial charge in [-0.2, -0.15) is 0 Å². The molecule has 1 unspecified atom stereocenters. The first-order valence-electron chi connectivity index (χ1n) is 11.0. The minimum absolute atomic E-state index is 0.0156. The first kappa shape index (κ1) is 24.6. The summed E-state index contributed by atoms with van der Waals surface area (Å²) in [6.07, 6.45) is 4.64. The molecule has 7 nitrogen and oxygen atoms in total. The fraction of sp³-hybridized carbons (Fsp3) is 0.739. The van der Waals surface area contributed by atoms with E-state index in [1.54, 1.807) is 0 Å². The second-order valence-corrected chi connectivity index (χ2v) is 8.88. The van der Waals surface area contributed by atoms with Crippen LogP contribution in [-0.4, -0.2) is 56.8 Å².